The molecule has 4 nitrogen and oxygen atoms in total. The summed E-state index contributed by atoms with van der Waals surface area (Å²) >= 11 is 1.62. The van der Waals surface area contributed by atoms with E-state index >= 15 is 0 Å². The van der Waals surface area contributed by atoms with Crippen molar-refractivity contribution in [3.63, 3.8) is 0 Å². The zero-order valence-corrected chi connectivity index (χ0v) is 17.0. The highest BCUT2D eigenvalue weighted by Crippen LogP contribution is 2.32. The van der Waals surface area contributed by atoms with E-state index in [-0.39, 0.29) is 0 Å². The normalized spacial score (nSPS) is 10.7. The molecule has 0 radical (unpaired) electrons. The maximum absolute atomic E-state index is 6.02. The molecule has 0 aliphatic rings. The highest BCUT2D eigenvalue weighted by atomic mass is 32.2. The smallest absolute Gasteiger partial charge is 0.223 e. The lowest BCUT2D eigenvalue weighted by Crippen LogP contribution is -1.99. The Labute approximate surface area is 165 Å². The van der Waals surface area contributed by atoms with E-state index in [1.54, 1.807) is 18.9 Å². The van der Waals surface area contributed by atoms with Crippen molar-refractivity contribution in [2.24, 2.45) is 0 Å². The van der Waals surface area contributed by atoms with Gasteiger partial charge in [-0.1, -0.05) is 49.0 Å². The summed E-state index contributed by atoms with van der Waals surface area (Å²) in [6, 6.07) is 16.1. The van der Waals surface area contributed by atoms with Crippen LogP contribution in [0.1, 0.15) is 29.3 Å². The Kier molecular flexibility index (Phi) is 6.35. The lowest BCUT2D eigenvalue weighted by molar-refractivity contribution is 0.372. The van der Waals surface area contributed by atoms with Crippen LogP contribution in [-0.4, -0.2) is 17.1 Å². The Morgan fingerprint density at radius 3 is 2.52 bits per heavy atom. The molecule has 27 heavy (non-hydrogen) atoms. The van der Waals surface area contributed by atoms with Gasteiger partial charge in [-0.05, 0) is 49.1 Å². The van der Waals surface area contributed by atoms with Gasteiger partial charge < -0.3 is 9.47 Å². The highest BCUT2D eigenvalue weighted by molar-refractivity contribution is 7.98. The molecule has 3 aromatic rings. The van der Waals surface area contributed by atoms with Crippen molar-refractivity contribution < 1.29 is 9.47 Å². The Hall–Kier alpha value is -2.53. The summed E-state index contributed by atoms with van der Waals surface area (Å²) in [6.07, 6.45) is 0.821. The van der Waals surface area contributed by atoms with Gasteiger partial charge in [-0.25, -0.2) is 4.98 Å². The average Bonchev–Trinajstić information content (AvgIpc) is 2.68. The summed E-state index contributed by atoms with van der Waals surface area (Å²) in [6.45, 7) is 6.22. The predicted molar refractivity (Wildman–Crippen MR) is 110 cm³/mol. The summed E-state index contributed by atoms with van der Waals surface area (Å²) < 4.78 is 11.5. The number of aromatic nitrogens is 2. The second kappa shape index (κ2) is 8.91. The number of thioether (sulfide) groups is 1. The first kappa shape index (κ1) is 19.2. The Morgan fingerprint density at radius 2 is 1.78 bits per heavy atom. The lowest BCUT2D eigenvalue weighted by Gasteiger charge is -2.12. The topological polar surface area (TPSA) is 44.2 Å². The quantitative estimate of drug-likeness (QED) is 0.386. The van der Waals surface area contributed by atoms with Gasteiger partial charge in [0, 0.05) is 17.5 Å². The van der Waals surface area contributed by atoms with Gasteiger partial charge in [0.15, 0.2) is 16.7 Å². The van der Waals surface area contributed by atoms with Crippen molar-refractivity contribution >= 4 is 11.8 Å². The minimum Gasteiger partial charge on any atom is -0.493 e. The zero-order valence-electron chi connectivity index (χ0n) is 16.2. The van der Waals surface area contributed by atoms with Crippen molar-refractivity contribution in [2.75, 3.05) is 7.11 Å². The standard InChI is InChI=1S/C22H24N2O2S/c1-5-18-13-21(26-19-11-10-15(2)12-20(19)25-4)24-22(23-18)27-14-17-9-7-6-8-16(17)3/h6-13H,5,14H2,1-4H3. The van der Waals surface area contributed by atoms with Crippen LogP contribution in [0, 0.1) is 13.8 Å². The molecule has 0 N–H and O–H groups in total. The molecule has 0 bridgehead atoms. The number of benzene rings is 2. The van der Waals surface area contributed by atoms with Gasteiger partial charge in [-0.2, -0.15) is 4.98 Å². The minimum absolute atomic E-state index is 0.538. The van der Waals surface area contributed by atoms with Crippen LogP contribution in [0.25, 0.3) is 0 Å². The van der Waals surface area contributed by atoms with Crippen LogP contribution in [0.4, 0.5) is 0 Å². The molecule has 0 unspecified atom stereocenters. The lowest BCUT2D eigenvalue weighted by atomic mass is 10.1. The Balaban J connectivity index is 1.82. The third kappa shape index (κ3) is 5.01. The molecule has 0 spiro atoms. The van der Waals surface area contributed by atoms with Gasteiger partial charge in [-0.15, -0.1) is 0 Å². The monoisotopic (exact) mass is 380 g/mol. The molecule has 0 atom stereocenters. The summed E-state index contributed by atoms with van der Waals surface area (Å²) in [7, 11) is 1.64. The molecular weight excluding hydrogens is 356 g/mol. The van der Waals surface area contributed by atoms with Gasteiger partial charge in [-0.3, -0.25) is 0 Å². The van der Waals surface area contributed by atoms with Crippen molar-refractivity contribution in [3.05, 3.63) is 70.9 Å². The fourth-order valence-corrected chi connectivity index (χ4v) is 3.58. The third-order valence-corrected chi connectivity index (χ3v) is 5.15. The highest BCUT2D eigenvalue weighted by Gasteiger charge is 2.11. The molecule has 0 fully saturated rings. The molecule has 0 saturated carbocycles. The van der Waals surface area contributed by atoms with E-state index in [1.807, 2.05) is 31.2 Å². The van der Waals surface area contributed by atoms with Gasteiger partial charge in [0.1, 0.15) is 0 Å². The number of nitrogens with zero attached hydrogens (tertiary/aromatic N) is 2. The predicted octanol–water partition coefficient (Wildman–Crippen LogP) is 5.75. The van der Waals surface area contributed by atoms with Crippen LogP contribution in [0.15, 0.2) is 53.7 Å². The first-order chi connectivity index (χ1) is 13.1. The van der Waals surface area contributed by atoms with E-state index in [2.05, 4.69) is 48.1 Å². The summed E-state index contributed by atoms with van der Waals surface area (Å²) in [4.78, 5) is 9.23. The zero-order chi connectivity index (χ0) is 19.2. The van der Waals surface area contributed by atoms with Gasteiger partial charge in [0.25, 0.3) is 0 Å². The van der Waals surface area contributed by atoms with Crippen molar-refractivity contribution in [3.8, 4) is 17.4 Å². The van der Waals surface area contributed by atoms with Crippen LogP contribution in [0.5, 0.6) is 17.4 Å². The molecule has 3 rings (SSSR count). The first-order valence-corrected chi connectivity index (χ1v) is 9.95. The third-order valence-electron chi connectivity index (χ3n) is 4.25. The molecule has 0 aliphatic heterocycles. The molecule has 0 amide bonds. The fraction of sp³-hybridized carbons (Fsp3) is 0.273. The van der Waals surface area contributed by atoms with Crippen LogP contribution in [0.2, 0.25) is 0 Å². The van der Waals surface area contributed by atoms with Gasteiger partial charge >= 0.3 is 0 Å². The average molecular weight is 381 g/mol. The number of hydrogen-bond acceptors (Lipinski definition) is 5. The molecule has 2 aromatic carbocycles. The first-order valence-electron chi connectivity index (χ1n) is 8.96. The molecular formula is C22H24N2O2S. The minimum atomic E-state index is 0.538. The molecule has 0 saturated heterocycles. The molecule has 0 aliphatic carbocycles. The summed E-state index contributed by atoms with van der Waals surface area (Å²) in [5.41, 5.74) is 4.64. The number of rotatable bonds is 7. The van der Waals surface area contributed by atoms with Crippen molar-refractivity contribution in [2.45, 2.75) is 38.1 Å². The molecule has 140 valence electrons. The van der Waals surface area contributed by atoms with Gasteiger partial charge in [0.05, 0.1) is 7.11 Å². The van der Waals surface area contributed by atoms with Crippen LogP contribution < -0.4 is 9.47 Å². The van der Waals surface area contributed by atoms with E-state index < -0.39 is 0 Å². The number of ether oxygens (including phenoxy) is 2. The van der Waals surface area contributed by atoms with E-state index in [9.17, 15) is 0 Å². The van der Waals surface area contributed by atoms with Crippen LogP contribution >= 0.6 is 11.8 Å². The second-order valence-corrected chi connectivity index (χ2v) is 7.25. The van der Waals surface area contributed by atoms with E-state index in [0.29, 0.717) is 17.4 Å². The maximum Gasteiger partial charge on any atom is 0.223 e. The van der Waals surface area contributed by atoms with Gasteiger partial charge in [0.2, 0.25) is 5.88 Å². The molecule has 1 heterocycles. The maximum atomic E-state index is 6.02. The Bertz CT molecular complexity index is 928. The number of hydrogen-bond donors (Lipinski definition) is 0. The second-order valence-electron chi connectivity index (χ2n) is 6.31. The Morgan fingerprint density at radius 1 is 0.963 bits per heavy atom. The van der Waals surface area contributed by atoms with E-state index in [0.717, 1.165) is 28.6 Å². The summed E-state index contributed by atoms with van der Waals surface area (Å²) in [5, 5.41) is 0.721. The SMILES string of the molecule is CCc1cc(Oc2ccc(C)cc2OC)nc(SCc2ccccc2C)n1. The summed E-state index contributed by atoms with van der Waals surface area (Å²) in [5.74, 6) is 2.71. The van der Waals surface area contributed by atoms with Crippen LogP contribution in [0.3, 0.4) is 0 Å². The number of methoxy groups -OCH3 is 1. The van der Waals surface area contributed by atoms with E-state index in [4.69, 9.17) is 9.47 Å². The van der Waals surface area contributed by atoms with Crippen LogP contribution in [-0.2, 0) is 12.2 Å². The molecule has 5 heteroatoms. The van der Waals surface area contributed by atoms with Crippen molar-refractivity contribution in [1.82, 2.24) is 9.97 Å². The molecule has 1 aromatic heterocycles. The fourth-order valence-electron chi connectivity index (χ4n) is 2.63. The van der Waals surface area contributed by atoms with Crippen molar-refractivity contribution in [1.29, 1.82) is 0 Å². The van der Waals surface area contributed by atoms with E-state index in [1.165, 1.54) is 11.1 Å². The largest absolute Gasteiger partial charge is 0.493 e. The number of aryl methyl sites for hydroxylation is 3.